The lowest BCUT2D eigenvalue weighted by Gasteiger charge is -2.58. The van der Waals surface area contributed by atoms with Crippen molar-refractivity contribution in [1.29, 1.82) is 0 Å². The van der Waals surface area contributed by atoms with Crippen molar-refractivity contribution in [2.75, 3.05) is 5.32 Å². The molecule has 2 aromatic rings. The number of rotatable bonds is 3. The van der Waals surface area contributed by atoms with Gasteiger partial charge in [0.1, 0.15) is 0 Å². The topological polar surface area (TPSA) is 88.8 Å². The number of fused-ring (bicyclic) bond motifs is 1. The first-order chi connectivity index (χ1) is 13.1. The maximum Gasteiger partial charge on any atom is 0.208 e. The third-order valence-electron chi connectivity index (χ3n) is 7.10. The number of aryl methyl sites for hydroxylation is 1. The van der Waals surface area contributed by atoms with Gasteiger partial charge >= 0.3 is 0 Å². The summed E-state index contributed by atoms with van der Waals surface area (Å²) in [6.45, 7) is 0. The van der Waals surface area contributed by atoms with Crippen LogP contribution in [-0.4, -0.2) is 41.9 Å². The van der Waals surface area contributed by atoms with E-state index >= 15 is 0 Å². The quantitative estimate of drug-likeness (QED) is 0.868. The number of hydrogen-bond donors (Lipinski definition) is 2. The standard InChI is InChI=1S/C20H24N6O/c1-26-24-19(23-25-26)15-10-21-16-4-2-3-14(16)18(15)22-17-12-5-11-6-13(17)9-20(27,7-11)8-12/h2-3,10-13,17,27H,4-9H2,1H3,(H,21,22)/t11?,12-,13+,17?,20?. The summed E-state index contributed by atoms with van der Waals surface area (Å²) in [6.07, 6.45) is 12.4. The number of nitrogens with zero attached hydrogens (tertiary/aromatic N) is 5. The Morgan fingerprint density at radius 2 is 2.04 bits per heavy atom. The fraction of sp³-hybridized carbons (Fsp3) is 0.600. The summed E-state index contributed by atoms with van der Waals surface area (Å²) in [5.74, 6) is 2.39. The Balaban J connectivity index is 1.41. The smallest absolute Gasteiger partial charge is 0.208 e. The fourth-order valence-corrected chi connectivity index (χ4v) is 6.30. The molecule has 27 heavy (non-hydrogen) atoms. The second-order valence-corrected chi connectivity index (χ2v) is 8.98. The first-order valence-corrected chi connectivity index (χ1v) is 10.00. The first kappa shape index (κ1) is 15.7. The predicted octanol–water partition coefficient (Wildman–Crippen LogP) is 2.19. The number of hydrogen-bond acceptors (Lipinski definition) is 6. The van der Waals surface area contributed by atoms with Crippen LogP contribution in [0, 0.1) is 17.8 Å². The van der Waals surface area contributed by atoms with E-state index in [1.807, 2.05) is 6.20 Å². The number of tetrazole rings is 1. The summed E-state index contributed by atoms with van der Waals surface area (Å²) in [5.41, 5.74) is 3.86. The highest BCUT2D eigenvalue weighted by atomic mass is 16.3. The molecule has 2 heterocycles. The molecule has 4 fully saturated rings. The van der Waals surface area contributed by atoms with Crippen molar-refractivity contribution >= 4 is 11.8 Å². The summed E-state index contributed by atoms with van der Waals surface area (Å²) in [7, 11) is 1.78. The van der Waals surface area contributed by atoms with Gasteiger partial charge in [-0.05, 0) is 55.1 Å². The summed E-state index contributed by atoms with van der Waals surface area (Å²) >= 11 is 0. The zero-order chi connectivity index (χ0) is 18.2. The Labute approximate surface area is 157 Å². The Morgan fingerprint density at radius 1 is 1.22 bits per heavy atom. The molecule has 2 aromatic heterocycles. The molecule has 7 rings (SSSR count). The minimum atomic E-state index is -0.413. The number of allylic oxidation sites excluding steroid dienone is 1. The highest BCUT2D eigenvalue weighted by Crippen LogP contribution is 2.56. The second-order valence-electron chi connectivity index (χ2n) is 8.98. The highest BCUT2D eigenvalue weighted by molar-refractivity contribution is 5.84. The molecular formula is C20H24N6O. The minimum absolute atomic E-state index is 0.401. The Hall–Kier alpha value is -2.28. The summed E-state index contributed by atoms with van der Waals surface area (Å²) in [4.78, 5) is 6.13. The summed E-state index contributed by atoms with van der Waals surface area (Å²) < 4.78 is 0. The number of aliphatic hydroxyl groups is 1. The number of nitrogens with one attached hydrogen (secondary N) is 1. The normalized spacial score (nSPS) is 35.6. The Morgan fingerprint density at radius 3 is 2.74 bits per heavy atom. The van der Waals surface area contributed by atoms with Crippen LogP contribution in [-0.2, 0) is 13.5 Å². The van der Waals surface area contributed by atoms with Crippen molar-refractivity contribution < 1.29 is 5.11 Å². The molecule has 5 aliphatic rings. The molecule has 0 saturated heterocycles. The van der Waals surface area contributed by atoms with Gasteiger partial charge in [-0.3, -0.25) is 4.98 Å². The molecule has 5 aliphatic carbocycles. The third kappa shape index (κ3) is 2.37. The van der Waals surface area contributed by atoms with Gasteiger partial charge in [-0.2, -0.15) is 4.80 Å². The molecular weight excluding hydrogens is 340 g/mol. The van der Waals surface area contributed by atoms with Crippen LogP contribution >= 0.6 is 0 Å². The third-order valence-corrected chi connectivity index (χ3v) is 7.10. The molecule has 7 heteroatoms. The van der Waals surface area contributed by atoms with E-state index in [1.54, 1.807) is 7.05 Å². The lowest BCUT2D eigenvalue weighted by atomic mass is 9.52. The van der Waals surface area contributed by atoms with Gasteiger partial charge in [0, 0.05) is 24.2 Å². The van der Waals surface area contributed by atoms with Gasteiger partial charge in [0.2, 0.25) is 5.82 Å². The van der Waals surface area contributed by atoms with E-state index in [1.165, 1.54) is 17.6 Å². The Kier molecular flexibility index (Phi) is 3.14. The van der Waals surface area contributed by atoms with Gasteiger partial charge in [-0.15, -0.1) is 10.2 Å². The molecule has 5 atom stereocenters. The second kappa shape index (κ2) is 5.38. The fourth-order valence-electron chi connectivity index (χ4n) is 6.30. The monoisotopic (exact) mass is 364 g/mol. The lowest BCUT2D eigenvalue weighted by Crippen LogP contribution is -2.59. The van der Waals surface area contributed by atoms with Crippen LogP contribution in [0.3, 0.4) is 0 Å². The maximum absolute atomic E-state index is 10.9. The number of pyridine rings is 1. The predicted molar refractivity (Wildman–Crippen MR) is 101 cm³/mol. The maximum atomic E-state index is 10.9. The molecule has 7 nitrogen and oxygen atoms in total. The van der Waals surface area contributed by atoms with Crippen LogP contribution in [0.5, 0.6) is 0 Å². The van der Waals surface area contributed by atoms with Crippen molar-refractivity contribution in [2.24, 2.45) is 24.8 Å². The Bertz CT molecular complexity index is 934. The van der Waals surface area contributed by atoms with Gasteiger partial charge in [-0.1, -0.05) is 12.2 Å². The minimum Gasteiger partial charge on any atom is -0.390 e. The van der Waals surface area contributed by atoms with E-state index in [4.69, 9.17) is 0 Å². The molecule has 0 aromatic carbocycles. The zero-order valence-corrected chi connectivity index (χ0v) is 15.5. The largest absolute Gasteiger partial charge is 0.390 e. The zero-order valence-electron chi connectivity index (χ0n) is 15.5. The molecule has 4 bridgehead atoms. The first-order valence-electron chi connectivity index (χ1n) is 10.00. The SMILES string of the molecule is Cn1nnc(-c2cnc3c(c2NC2[C@@H]4CC5C[C@H]2CC(O)(C5)C4)C=CC3)n1. The van der Waals surface area contributed by atoms with Crippen LogP contribution in [0.4, 0.5) is 5.69 Å². The van der Waals surface area contributed by atoms with Gasteiger partial charge in [0.25, 0.3) is 0 Å². The molecule has 140 valence electrons. The van der Waals surface area contributed by atoms with Gasteiger partial charge < -0.3 is 10.4 Å². The molecule has 0 amide bonds. The highest BCUT2D eigenvalue weighted by Gasteiger charge is 2.54. The molecule has 0 aliphatic heterocycles. The van der Waals surface area contributed by atoms with E-state index in [9.17, 15) is 5.11 Å². The average Bonchev–Trinajstić information content (AvgIpc) is 3.25. The van der Waals surface area contributed by atoms with E-state index in [2.05, 4.69) is 37.9 Å². The summed E-state index contributed by atoms with van der Waals surface area (Å²) in [6, 6.07) is 0.401. The molecule has 2 N–H and O–H groups in total. The van der Waals surface area contributed by atoms with E-state index in [-0.39, 0.29) is 0 Å². The van der Waals surface area contributed by atoms with E-state index < -0.39 is 5.60 Å². The molecule has 4 saturated carbocycles. The number of aromatic nitrogens is 5. The van der Waals surface area contributed by atoms with Crippen molar-refractivity contribution in [2.45, 2.75) is 50.2 Å². The van der Waals surface area contributed by atoms with Crippen LogP contribution in [0.1, 0.15) is 43.4 Å². The van der Waals surface area contributed by atoms with Crippen LogP contribution in [0.2, 0.25) is 0 Å². The molecule has 0 spiro atoms. The van der Waals surface area contributed by atoms with Crippen LogP contribution in [0.15, 0.2) is 12.3 Å². The van der Waals surface area contributed by atoms with Crippen LogP contribution < -0.4 is 5.32 Å². The van der Waals surface area contributed by atoms with Gasteiger partial charge in [0.15, 0.2) is 0 Å². The van der Waals surface area contributed by atoms with Gasteiger partial charge in [0.05, 0.1) is 29.6 Å². The van der Waals surface area contributed by atoms with Crippen molar-refractivity contribution in [3.05, 3.63) is 23.5 Å². The van der Waals surface area contributed by atoms with E-state index in [0.29, 0.717) is 29.6 Å². The van der Waals surface area contributed by atoms with Crippen molar-refractivity contribution in [3.8, 4) is 11.4 Å². The summed E-state index contributed by atoms with van der Waals surface area (Å²) in [5, 5.41) is 27.4. The molecule has 0 radical (unpaired) electrons. The molecule has 3 unspecified atom stereocenters. The van der Waals surface area contributed by atoms with E-state index in [0.717, 1.165) is 48.2 Å². The van der Waals surface area contributed by atoms with Gasteiger partial charge in [-0.25, -0.2) is 0 Å². The average molecular weight is 364 g/mol. The van der Waals surface area contributed by atoms with Crippen molar-refractivity contribution in [3.63, 3.8) is 0 Å². The van der Waals surface area contributed by atoms with Crippen LogP contribution in [0.25, 0.3) is 17.5 Å². The number of anilines is 1. The van der Waals surface area contributed by atoms with Crippen molar-refractivity contribution in [1.82, 2.24) is 25.2 Å². The lowest BCUT2D eigenvalue weighted by molar-refractivity contribution is -0.129.